The number of rotatable bonds is 12. The lowest BCUT2D eigenvalue weighted by Gasteiger charge is -2.27. The smallest absolute Gasteiger partial charge is 0.387 e. The minimum absolute atomic E-state index is 0.0484. The SMILES string of the molecule is O=C(O[C@@H](Cc1c(Cl)c[n+]([O-])cc1Cl)c1ccc(OC(F)F)c(OCC2CC2)c1)[C@@H]1CCCN1Cc1ccccc1. The molecule has 2 aromatic carbocycles. The third-order valence-electron chi connectivity index (χ3n) is 7.30. The van der Waals surface area contributed by atoms with Crippen molar-refractivity contribution in [3.05, 3.63) is 92.9 Å². The number of carbonyl (C=O) groups is 1. The van der Waals surface area contributed by atoms with Gasteiger partial charge in [-0.25, -0.2) is 0 Å². The zero-order chi connectivity index (χ0) is 28.9. The Morgan fingerprint density at radius 1 is 1.05 bits per heavy atom. The Labute approximate surface area is 247 Å². The van der Waals surface area contributed by atoms with Gasteiger partial charge in [-0.15, -0.1) is 0 Å². The van der Waals surface area contributed by atoms with E-state index in [2.05, 4.69) is 9.64 Å². The van der Waals surface area contributed by atoms with Crippen LogP contribution in [0.1, 0.15) is 48.5 Å². The van der Waals surface area contributed by atoms with Crippen molar-refractivity contribution in [3.8, 4) is 11.5 Å². The van der Waals surface area contributed by atoms with Crippen LogP contribution in [-0.2, 0) is 22.5 Å². The molecule has 2 aliphatic rings. The van der Waals surface area contributed by atoms with Crippen molar-refractivity contribution in [2.75, 3.05) is 13.2 Å². The number of esters is 1. The molecule has 3 aromatic rings. The van der Waals surface area contributed by atoms with Gasteiger partial charge in [0, 0.05) is 18.5 Å². The van der Waals surface area contributed by atoms with E-state index in [0.717, 1.165) is 31.4 Å². The molecule has 7 nitrogen and oxygen atoms in total. The van der Waals surface area contributed by atoms with Gasteiger partial charge in [0.05, 0.1) is 6.61 Å². The summed E-state index contributed by atoms with van der Waals surface area (Å²) in [6, 6.07) is 13.9. The van der Waals surface area contributed by atoms with Crippen LogP contribution in [-0.4, -0.2) is 36.7 Å². The summed E-state index contributed by atoms with van der Waals surface area (Å²) in [7, 11) is 0. The molecule has 1 aliphatic carbocycles. The Hall–Kier alpha value is -3.14. The molecule has 0 spiro atoms. The maximum absolute atomic E-state index is 13.6. The van der Waals surface area contributed by atoms with Gasteiger partial charge in [0.1, 0.15) is 22.2 Å². The van der Waals surface area contributed by atoms with Crippen molar-refractivity contribution in [3.63, 3.8) is 0 Å². The Morgan fingerprint density at radius 3 is 2.46 bits per heavy atom. The van der Waals surface area contributed by atoms with E-state index in [1.54, 1.807) is 12.1 Å². The molecule has 2 fully saturated rings. The van der Waals surface area contributed by atoms with E-state index in [0.29, 0.717) is 41.3 Å². The maximum Gasteiger partial charge on any atom is 0.387 e. The molecule has 218 valence electrons. The number of benzene rings is 2. The molecular formula is C30H30Cl2F2N2O5. The zero-order valence-corrected chi connectivity index (χ0v) is 23.7. The number of halogens is 4. The summed E-state index contributed by atoms with van der Waals surface area (Å²) in [6.07, 6.45) is 4.99. The van der Waals surface area contributed by atoms with E-state index >= 15 is 0 Å². The molecule has 2 heterocycles. The molecule has 2 atom stereocenters. The normalized spacial score (nSPS) is 17.9. The first-order chi connectivity index (χ1) is 19.8. The summed E-state index contributed by atoms with van der Waals surface area (Å²) in [4.78, 5) is 15.7. The largest absolute Gasteiger partial charge is 0.619 e. The lowest BCUT2D eigenvalue weighted by atomic mass is 10.0. The van der Waals surface area contributed by atoms with Crippen molar-refractivity contribution < 1.29 is 32.5 Å². The fourth-order valence-corrected chi connectivity index (χ4v) is 5.58. The van der Waals surface area contributed by atoms with Gasteiger partial charge in [0.25, 0.3) is 0 Å². The van der Waals surface area contributed by atoms with Gasteiger partial charge in [-0.3, -0.25) is 9.69 Å². The van der Waals surface area contributed by atoms with E-state index in [4.69, 9.17) is 32.7 Å². The van der Waals surface area contributed by atoms with Crippen LogP contribution in [0.25, 0.3) is 0 Å². The van der Waals surface area contributed by atoms with Crippen molar-refractivity contribution in [2.24, 2.45) is 5.92 Å². The molecule has 0 amide bonds. The van der Waals surface area contributed by atoms with E-state index in [-0.39, 0.29) is 28.0 Å². The van der Waals surface area contributed by atoms with Gasteiger partial charge < -0.3 is 19.4 Å². The van der Waals surface area contributed by atoms with E-state index < -0.39 is 24.7 Å². The number of pyridine rings is 1. The lowest BCUT2D eigenvalue weighted by Crippen LogP contribution is -2.37. The molecule has 0 radical (unpaired) electrons. The van der Waals surface area contributed by atoms with Crippen LogP contribution in [0.4, 0.5) is 8.78 Å². The van der Waals surface area contributed by atoms with Gasteiger partial charge in [-0.2, -0.15) is 13.5 Å². The Balaban J connectivity index is 1.43. The second kappa shape index (κ2) is 13.2. The predicted molar refractivity (Wildman–Crippen MR) is 149 cm³/mol. The summed E-state index contributed by atoms with van der Waals surface area (Å²) >= 11 is 12.7. The summed E-state index contributed by atoms with van der Waals surface area (Å²) < 4.78 is 43.4. The Morgan fingerprint density at radius 2 is 1.78 bits per heavy atom. The monoisotopic (exact) mass is 606 g/mol. The fraction of sp³-hybridized carbons (Fsp3) is 0.400. The van der Waals surface area contributed by atoms with Crippen LogP contribution < -0.4 is 14.2 Å². The van der Waals surface area contributed by atoms with E-state index in [1.165, 1.54) is 18.5 Å². The van der Waals surface area contributed by atoms with Crippen LogP contribution in [0, 0.1) is 11.1 Å². The second-order valence-electron chi connectivity index (χ2n) is 10.4. The third-order valence-corrected chi connectivity index (χ3v) is 7.95. The number of nitrogens with zero attached hydrogens (tertiary/aromatic N) is 2. The molecule has 0 bridgehead atoms. The van der Waals surface area contributed by atoms with Gasteiger partial charge in [0.2, 0.25) is 0 Å². The molecular weight excluding hydrogens is 577 g/mol. The van der Waals surface area contributed by atoms with Crippen LogP contribution >= 0.6 is 23.2 Å². The van der Waals surface area contributed by atoms with Crippen molar-refractivity contribution in [2.45, 2.75) is 57.4 Å². The molecule has 0 unspecified atom stereocenters. The van der Waals surface area contributed by atoms with Crippen LogP contribution in [0.3, 0.4) is 0 Å². The average Bonchev–Trinajstić information content (AvgIpc) is 3.65. The van der Waals surface area contributed by atoms with Crippen molar-refractivity contribution >= 4 is 29.2 Å². The van der Waals surface area contributed by atoms with Crippen LogP contribution in [0.5, 0.6) is 11.5 Å². The number of likely N-dealkylation sites (tertiary alicyclic amines) is 1. The van der Waals surface area contributed by atoms with Crippen molar-refractivity contribution in [1.29, 1.82) is 0 Å². The molecule has 1 saturated carbocycles. The maximum atomic E-state index is 13.6. The van der Waals surface area contributed by atoms with Gasteiger partial charge in [-0.1, -0.05) is 59.6 Å². The molecule has 1 aliphatic heterocycles. The number of ether oxygens (including phenoxy) is 3. The fourth-order valence-electron chi connectivity index (χ4n) is 4.98. The van der Waals surface area contributed by atoms with E-state index in [9.17, 15) is 18.8 Å². The first-order valence-electron chi connectivity index (χ1n) is 13.5. The van der Waals surface area contributed by atoms with Gasteiger partial charge in [-0.05, 0) is 61.4 Å². The molecule has 0 N–H and O–H groups in total. The van der Waals surface area contributed by atoms with Gasteiger partial charge in [0.15, 0.2) is 23.9 Å². The number of aromatic nitrogens is 1. The topological polar surface area (TPSA) is 74.9 Å². The Kier molecular flexibility index (Phi) is 9.47. The predicted octanol–water partition coefficient (Wildman–Crippen LogP) is 6.51. The summed E-state index contributed by atoms with van der Waals surface area (Å²) in [5, 5.41) is 12.1. The average molecular weight is 607 g/mol. The third kappa shape index (κ3) is 7.78. The number of carbonyl (C=O) groups excluding carboxylic acids is 1. The minimum Gasteiger partial charge on any atom is -0.619 e. The molecule has 41 heavy (non-hydrogen) atoms. The first kappa shape index (κ1) is 29.4. The number of alkyl halides is 2. The number of hydrogen-bond donors (Lipinski definition) is 0. The summed E-state index contributed by atoms with van der Waals surface area (Å²) in [5.74, 6) is -0.0309. The molecule has 1 aromatic heterocycles. The van der Waals surface area contributed by atoms with Gasteiger partial charge >= 0.3 is 12.6 Å². The number of hydrogen-bond acceptors (Lipinski definition) is 6. The molecule has 11 heteroatoms. The summed E-state index contributed by atoms with van der Waals surface area (Å²) in [5.41, 5.74) is 1.99. The van der Waals surface area contributed by atoms with E-state index in [1.807, 2.05) is 30.3 Å². The summed E-state index contributed by atoms with van der Waals surface area (Å²) in [6.45, 7) is -1.32. The minimum atomic E-state index is -3.03. The Bertz CT molecular complexity index is 1340. The molecule has 5 rings (SSSR count). The van der Waals surface area contributed by atoms with Crippen molar-refractivity contribution in [1.82, 2.24) is 4.90 Å². The quantitative estimate of drug-likeness (QED) is 0.133. The standard InChI is InChI=1S/C30H30Cl2F2N2O5/c31-23-16-36(38)17-24(32)22(23)14-27(21-10-11-26(41-30(33)34)28(13-21)39-18-20-8-9-20)40-29(37)25-7-4-12-35(25)15-19-5-2-1-3-6-19/h1-3,5-6,10-11,13,16-17,20,25,27,30H,4,7-9,12,14-15,18H2/t25-,27-/m0/s1. The highest BCUT2D eigenvalue weighted by molar-refractivity contribution is 6.35. The first-order valence-corrected chi connectivity index (χ1v) is 14.3. The highest BCUT2D eigenvalue weighted by Gasteiger charge is 2.34. The highest BCUT2D eigenvalue weighted by Crippen LogP contribution is 2.38. The molecule has 1 saturated heterocycles. The second-order valence-corrected chi connectivity index (χ2v) is 11.2. The van der Waals surface area contributed by atoms with Crippen LogP contribution in [0.2, 0.25) is 10.0 Å². The zero-order valence-electron chi connectivity index (χ0n) is 22.2. The van der Waals surface area contributed by atoms with Crippen LogP contribution in [0.15, 0.2) is 60.9 Å². The highest BCUT2D eigenvalue weighted by atomic mass is 35.5. The lowest BCUT2D eigenvalue weighted by molar-refractivity contribution is -0.605.